The Kier molecular flexibility index (Phi) is 1.46. The molecule has 2 aliphatic rings. The topological polar surface area (TPSA) is 26.5 Å². The second-order valence-electron chi connectivity index (χ2n) is 2.83. The highest BCUT2D eigenvalue weighted by atomic mass is 15.0. The van der Waals surface area contributed by atoms with Gasteiger partial charge >= 0.3 is 0 Å². The SMILES string of the molecule is C1=NC2CCCC=C2C[N]1. The summed E-state index contributed by atoms with van der Waals surface area (Å²) in [5.74, 6) is 0. The summed E-state index contributed by atoms with van der Waals surface area (Å²) in [7, 11) is 0. The van der Waals surface area contributed by atoms with E-state index in [1.165, 1.54) is 24.8 Å². The Morgan fingerprint density at radius 3 is 3.40 bits per heavy atom. The second-order valence-corrected chi connectivity index (χ2v) is 2.83. The fraction of sp³-hybridized carbons (Fsp3) is 0.625. The maximum absolute atomic E-state index is 4.29. The lowest BCUT2D eigenvalue weighted by Crippen LogP contribution is -2.25. The van der Waals surface area contributed by atoms with Gasteiger partial charge in [-0.3, -0.25) is 10.3 Å². The van der Waals surface area contributed by atoms with E-state index in [0.29, 0.717) is 6.04 Å². The number of allylic oxidation sites excluding steroid dienone is 1. The van der Waals surface area contributed by atoms with Gasteiger partial charge < -0.3 is 0 Å². The average molecular weight is 135 g/mol. The molecule has 0 saturated carbocycles. The predicted octanol–water partition coefficient (Wildman–Crippen LogP) is 1.11. The summed E-state index contributed by atoms with van der Waals surface area (Å²) in [5.41, 5.74) is 1.44. The molecule has 0 amide bonds. The molecule has 1 heterocycles. The largest absolute Gasteiger partial charge is 0.269 e. The first-order valence-electron chi connectivity index (χ1n) is 3.84. The molecule has 1 aliphatic heterocycles. The highest BCUT2D eigenvalue weighted by molar-refractivity contribution is 5.57. The van der Waals surface area contributed by atoms with Crippen molar-refractivity contribution in [2.75, 3.05) is 6.54 Å². The van der Waals surface area contributed by atoms with Gasteiger partial charge in [-0.25, -0.2) is 0 Å². The molecule has 0 N–H and O–H groups in total. The van der Waals surface area contributed by atoms with E-state index in [0.717, 1.165) is 6.54 Å². The van der Waals surface area contributed by atoms with Crippen LogP contribution in [0.2, 0.25) is 0 Å². The van der Waals surface area contributed by atoms with Gasteiger partial charge in [-0.05, 0) is 24.8 Å². The number of nitrogens with zero attached hydrogens (tertiary/aromatic N) is 2. The van der Waals surface area contributed by atoms with Crippen LogP contribution in [0.5, 0.6) is 0 Å². The molecule has 0 saturated heterocycles. The van der Waals surface area contributed by atoms with Crippen LogP contribution in [0.4, 0.5) is 0 Å². The number of hydrogen-bond acceptors (Lipinski definition) is 1. The first kappa shape index (κ1) is 5.96. The van der Waals surface area contributed by atoms with Crippen molar-refractivity contribution in [3.05, 3.63) is 11.6 Å². The third-order valence-electron chi connectivity index (χ3n) is 2.12. The molecular formula is C8H11N2. The maximum Gasteiger partial charge on any atom is 0.105 e. The normalized spacial score (nSPS) is 30.4. The van der Waals surface area contributed by atoms with E-state index in [-0.39, 0.29) is 0 Å². The van der Waals surface area contributed by atoms with Crippen molar-refractivity contribution in [3.8, 4) is 0 Å². The van der Waals surface area contributed by atoms with Crippen molar-refractivity contribution in [1.29, 1.82) is 0 Å². The van der Waals surface area contributed by atoms with Crippen LogP contribution in [-0.4, -0.2) is 18.9 Å². The minimum atomic E-state index is 0.492. The lowest BCUT2D eigenvalue weighted by molar-refractivity contribution is 0.587. The molecule has 1 atom stereocenters. The molecule has 1 radical (unpaired) electrons. The molecule has 10 heavy (non-hydrogen) atoms. The maximum atomic E-state index is 4.29. The predicted molar refractivity (Wildman–Crippen MR) is 41.2 cm³/mol. The van der Waals surface area contributed by atoms with Gasteiger partial charge in [0, 0.05) is 0 Å². The average Bonchev–Trinajstić information content (AvgIpc) is 2.05. The Bertz CT molecular complexity index is 182. The number of aliphatic imine (C=N–C) groups is 1. The molecule has 0 bridgehead atoms. The minimum Gasteiger partial charge on any atom is -0.269 e. The van der Waals surface area contributed by atoms with Gasteiger partial charge in [0.2, 0.25) is 0 Å². The Labute approximate surface area is 61.0 Å². The number of rotatable bonds is 0. The summed E-state index contributed by atoms with van der Waals surface area (Å²) in [4.78, 5) is 4.29. The molecule has 1 unspecified atom stereocenters. The molecule has 0 aromatic rings. The van der Waals surface area contributed by atoms with Crippen LogP contribution in [0.25, 0.3) is 0 Å². The summed E-state index contributed by atoms with van der Waals surface area (Å²) >= 11 is 0. The third-order valence-corrected chi connectivity index (χ3v) is 2.12. The van der Waals surface area contributed by atoms with Crippen LogP contribution in [-0.2, 0) is 0 Å². The van der Waals surface area contributed by atoms with Crippen molar-refractivity contribution < 1.29 is 0 Å². The van der Waals surface area contributed by atoms with E-state index in [9.17, 15) is 0 Å². The first-order valence-corrected chi connectivity index (χ1v) is 3.84. The van der Waals surface area contributed by atoms with Crippen molar-refractivity contribution in [3.63, 3.8) is 0 Å². The molecule has 1 aliphatic carbocycles. The summed E-state index contributed by atoms with van der Waals surface area (Å²) in [6.45, 7) is 0.897. The fourth-order valence-corrected chi connectivity index (χ4v) is 1.53. The van der Waals surface area contributed by atoms with Gasteiger partial charge in [-0.15, -0.1) is 0 Å². The van der Waals surface area contributed by atoms with Crippen molar-refractivity contribution in [2.24, 2.45) is 4.99 Å². The van der Waals surface area contributed by atoms with E-state index >= 15 is 0 Å². The van der Waals surface area contributed by atoms with Gasteiger partial charge in [-0.1, -0.05) is 6.08 Å². The van der Waals surface area contributed by atoms with Crippen LogP contribution in [0.15, 0.2) is 16.6 Å². The van der Waals surface area contributed by atoms with Crippen LogP contribution in [0.1, 0.15) is 19.3 Å². The standard InChI is InChI=1S/C8H11N2/c1-2-4-8-7(3-1)5-9-6-10-8/h3,6,8H,1-2,4-5H2. The second kappa shape index (κ2) is 2.45. The summed E-state index contributed by atoms with van der Waals surface area (Å²) in [5, 5.41) is 4.10. The van der Waals surface area contributed by atoms with Crippen molar-refractivity contribution in [1.82, 2.24) is 5.32 Å². The Morgan fingerprint density at radius 2 is 2.50 bits per heavy atom. The van der Waals surface area contributed by atoms with E-state index in [2.05, 4.69) is 16.4 Å². The van der Waals surface area contributed by atoms with Crippen molar-refractivity contribution in [2.45, 2.75) is 25.3 Å². The van der Waals surface area contributed by atoms with Crippen molar-refractivity contribution >= 4 is 6.34 Å². The molecule has 2 nitrogen and oxygen atoms in total. The van der Waals surface area contributed by atoms with Crippen LogP contribution < -0.4 is 5.32 Å². The summed E-state index contributed by atoms with van der Waals surface area (Å²) in [6, 6.07) is 0.492. The molecule has 2 rings (SSSR count). The highest BCUT2D eigenvalue weighted by Gasteiger charge is 2.18. The van der Waals surface area contributed by atoms with E-state index in [4.69, 9.17) is 0 Å². The lowest BCUT2D eigenvalue weighted by Gasteiger charge is -2.22. The quantitative estimate of drug-likeness (QED) is 0.445. The number of fused-ring (bicyclic) bond motifs is 1. The molecule has 2 heteroatoms. The Morgan fingerprint density at radius 1 is 1.50 bits per heavy atom. The Hall–Kier alpha value is -0.790. The van der Waals surface area contributed by atoms with E-state index < -0.39 is 0 Å². The molecule has 0 spiro atoms. The lowest BCUT2D eigenvalue weighted by atomic mass is 9.94. The smallest absolute Gasteiger partial charge is 0.105 e. The fourth-order valence-electron chi connectivity index (χ4n) is 1.53. The van der Waals surface area contributed by atoms with E-state index in [1.54, 1.807) is 6.34 Å². The molecule has 53 valence electrons. The molecule has 0 fully saturated rings. The van der Waals surface area contributed by atoms with Crippen LogP contribution >= 0.6 is 0 Å². The highest BCUT2D eigenvalue weighted by Crippen LogP contribution is 2.21. The van der Waals surface area contributed by atoms with Gasteiger partial charge in [0.05, 0.1) is 12.6 Å². The molecular weight excluding hydrogens is 124 g/mol. The van der Waals surface area contributed by atoms with E-state index in [1.807, 2.05) is 0 Å². The zero-order valence-corrected chi connectivity index (χ0v) is 5.95. The summed E-state index contributed by atoms with van der Waals surface area (Å²) < 4.78 is 0. The van der Waals surface area contributed by atoms with Gasteiger partial charge in [0.15, 0.2) is 0 Å². The third kappa shape index (κ3) is 0.939. The van der Waals surface area contributed by atoms with Crippen LogP contribution in [0.3, 0.4) is 0 Å². The van der Waals surface area contributed by atoms with Gasteiger partial charge in [-0.2, -0.15) is 0 Å². The van der Waals surface area contributed by atoms with Gasteiger partial charge in [0.25, 0.3) is 0 Å². The molecule has 0 aromatic heterocycles. The van der Waals surface area contributed by atoms with Gasteiger partial charge in [0.1, 0.15) is 6.34 Å². The zero-order chi connectivity index (χ0) is 6.81. The minimum absolute atomic E-state index is 0.492. The van der Waals surface area contributed by atoms with Crippen LogP contribution in [0, 0.1) is 0 Å². The monoisotopic (exact) mass is 135 g/mol. The zero-order valence-electron chi connectivity index (χ0n) is 5.95. The Balaban J connectivity index is 2.20. The number of hydrogen-bond donors (Lipinski definition) is 0. The molecule has 0 aromatic carbocycles. The summed E-state index contributed by atoms with van der Waals surface area (Å²) in [6.07, 6.45) is 7.78. The first-order chi connectivity index (χ1) is 4.97.